The van der Waals surface area contributed by atoms with Crippen LogP contribution in [0.15, 0.2) is 36.4 Å². The largest absolute Gasteiger partial charge is 0.496 e. The Morgan fingerprint density at radius 1 is 1.26 bits per heavy atom. The molecule has 0 aliphatic carbocycles. The maximum atomic E-state index is 10.6. The molecule has 23 heavy (non-hydrogen) atoms. The molecule has 0 saturated heterocycles. The first kappa shape index (κ1) is 14.8. The molecule has 0 radical (unpaired) electrons. The van der Waals surface area contributed by atoms with Crippen LogP contribution in [0.25, 0.3) is 22.3 Å². The van der Waals surface area contributed by atoms with E-state index in [0.717, 1.165) is 22.4 Å². The molecule has 2 heterocycles. The van der Waals surface area contributed by atoms with Crippen LogP contribution >= 0.6 is 0 Å². The molecule has 0 spiro atoms. The van der Waals surface area contributed by atoms with Gasteiger partial charge in [0, 0.05) is 24.1 Å². The summed E-state index contributed by atoms with van der Waals surface area (Å²) in [5, 5.41) is 14.0. The third-order valence-electron chi connectivity index (χ3n) is 3.37. The third-order valence-corrected chi connectivity index (χ3v) is 3.37. The van der Waals surface area contributed by atoms with Gasteiger partial charge in [-0.1, -0.05) is 12.1 Å². The SMILES string of the molecule is COc1ccccc1-c1nn(C)c2nc(OCC(=O)O)ccc12. The van der Waals surface area contributed by atoms with Gasteiger partial charge >= 0.3 is 5.97 Å². The standard InChI is InChI=1S/C16H15N3O4/c1-19-16-11(7-8-13(17-16)23-9-14(20)21)15(18-19)10-5-3-4-6-12(10)22-2/h3-8H,9H2,1-2H3,(H,20,21). The molecule has 0 unspecified atom stereocenters. The fourth-order valence-electron chi connectivity index (χ4n) is 2.37. The monoisotopic (exact) mass is 313 g/mol. The molecule has 0 fully saturated rings. The molecule has 1 aromatic carbocycles. The van der Waals surface area contributed by atoms with Crippen molar-refractivity contribution in [3.63, 3.8) is 0 Å². The first-order valence-electron chi connectivity index (χ1n) is 6.92. The Bertz CT molecular complexity index is 873. The van der Waals surface area contributed by atoms with E-state index in [-0.39, 0.29) is 5.88 Å². The number of carboxylic acid groups (broad SMARTS) is 1. The fourth-order valence-corrected chi connectivity index (χ4v) is 2.37. The first-order valence-corrected chi connectivity index (χ1v) is 6.92. The molecule has 3 aromatic rings. The van der Waals surface area contributed by atoms with Crippen molar-refractivity contribution in [2.45, 2.75) is 0 Å². The van der Waals surface area contributed by atoms with Crippen LogP contribution in [0.3, 0.4) is 0 Å². The highest BCUT2D eigenvalue weighted by molar-refractivity contribution is 5.93. The maximum absolute atomic E-state index is 10.6. The number of nitrogens with zero attached hydrogens (tertiary/aromatic N) is 3. The van der Waals surface area contributed by atoms with Crippen LogP contribution in [0, 0.1) is 0 Å². The summed E-state index contributed by atoms with van der Waals surface area (Å²) in [6.45, 7) is -0.435. The van der Waals surface area contributed by atoms with Gasteiger partial charge in [-0.05, 0) is 18.2 Å². The molecule has 0 amide bonds. The van der Waals surface area contributed by atoms with Crippen LogP contribution in [0.1, 0.15) is 0 Å². The highest BCUT2D eigenvalue weighted by Gasteiger charge is 2.16. The van der Waals surface area contributed by atoms with Crippen molar-refractivity contribution in [2.24, 2.45) is 7.05 Å². The summed E-state index contributed by atoms with van der Waals surface area (Å²) in [5.41, 5.74) is 2.22. The summed E-state index contributed by atoms with van der Waals surface area (Å²) in [5.74, 6) is -0.0835. The zero-order chi connectivity index (χ0) is 16.4. The summed E-state index contributed by atoms with van der Waals surface area (Å²) in [6.07, 6.45) is 0. The van der Waals surface area contributed by atoms with Gasteiger partial charge in [0.25, 0.3) is 0 Å². The first-order chi connectivity index (χ1) is 11.1. The molecule has 0 aliphatic heterocycles. The predicted octanol–water partition coefficient (Wildman–Crippen LogP) is 2.11. The number of hydrogen-bond acceptors (Lipinski definition) is 5. The second-order valence-electron chi connectivity index (χ2n) is 4.88. The number of rotatable bonds is 5. The van der Waals surface area contributed by atoms with E-state index in [1.165, 1.54) is 0 Å². The second-order valence-corrected chi connectivity index (χ2v) is 4.88. The number of carbonyl (C=O) groups is 1. The van der Waals surface area contributed by atoms with Crippen molar-refractivity contribution < 1.29 is 19.4 Å². The van der Waals surface area contributed by atoms with Crippen LogP contribution in [0.2, 0.25) is 0 Å². The van der Waals surface area contributed by atoms with Crippen LogP contribution < -0.4 is 9.47 Å². The fraction of sp³-hybridized carbons (Fsp3) is 0.188. The van der Waals surface area contributed by atoms with E-state index < -0.39 is 12.6 Å². The average molecular weight is 313 g/mol. The molecule has 3 rings (SSSR count). The van der Waals surface area contributed by atoms with E-state index in [0.29, 0.717) is 5.65 Å². The Kier molecular flexibility index (Phi) is 3.84. The Balaban J connectivity index is 2.08. The van der Waals surface area contributed by atoms with Crippen molar-refractivity contribution in [3.8, 4) is 22.9 Å². The van der Waals surface area contributed by atoms with Crippen LogP contribution in [-0.4, -0.2) is 39.6 Å². The lowest BCUT2D eigenvalue weighted by atomic mass is 10.1. The predicted molar refractivity (Wildman–Crippen MR) is 83.6 cm³/mol. The number of ether oxygens (including phenoxy) is 2. The topological polar surface area (TPSA) is 86.5 Å². The van der Waals surface area contributed by atoms with Gasteiger partial charge in [0.05, 0.1) is 7.11 Å². The van der Waals surface area contributed by atoms with Crippen molar-refractivity contribution in [2.75, 3.05) is 13.7 Å². The lowest BCUT2D eigenvalue weighted by Crippen LogP contribution is -2.10. The van der Waals surface area contributed by atoms with Crippen molar-refractivity contribution in [3.05, 3.63) is 36.4 Å². The minimum Gasteiger partial charge on any atom is -0.496 e. The number of aryl methyl sites for hydroxylation is 1. The quantitative estimate of drug-likeness (QED) is 0.776. The molecule has 7 heteroatoms. The zero-order valence-electron chi connectivity index (χ0n) is 12.7. The molecule has 118 valence electrons. The minimum atomic E-state index is -1.05. The average Bonchev–Trinajstić information content (AvgIpc) is 2.89. The van der Waals surface area contributed by atoms with Gasteiger partial charge < -0.3 is 14.6 Å². The molecule has 2 aromatic heterocycles. The van der Waals surface area contributed by atoms with Gasteiger partial charge in [-0.3, -0.25) is 0 Å². The van der Waals surface area contributed by atoms with Crippen LogP contribution in [0.5, 0.6) is 11.6 Å². The lowest BCUT2D eigenvalue weighted by Gasteiger charge is -2.06. The number of aromatic nitrogens is 3. The zero-order valence-corrected chi connectivity index (χ0v) is 12.7. The Labute approximate surface area is 132 Å². The van der Waals surface area contributed by atoms with E-state index in [1.807, 2.05) is 30.3 Å². The van der Waals surface area contributed by atoms with Gasteiger partial charge in [0.2, 0.25) is 5.88 Å². The van der Waals surface area contributed by atoms with Gasteiger partial charge in [-0.15, -0.1) is 0 Å². The molecule has 0 atom stereocenters. The van der Waals surface area contributed by atoms with E-state index in [1.54, 1.807) is 24.9 Å². The van der Waals surface area contributed by atoms with Crippen molar-refractivity contribution >= 4 is 17.0 Å². The van der Waals surface area contributed by atoms with Gasteiger partial charge in [-0.2, -0.15) is 10.1 Å². The molecule has 7 nitrogen and oxygen atoms in total. The van der Waals surface area contributed by atoms with Crippen molar-refractivity contribution in [1.82, 2.24) is 14.8 Å². The molecule has 1 N–H and O–H groups in total. The smallest absolute Gasteiger partial charge is 0.341 e. The summed E-state index contributed by atoms with van der Waals surface area (Å²) in [4.78, 5) is 14.9. The van der Waals surface area contributed by atoms with E-state index in [4.69, 9.17) is 14.6 Å². The number of hydrogen-bond donors (Lipinski definition) is 1. The minimum absolute atomic E-state index is 0.245. The highest BCUT2D eigenvalue weighted by Crippen LogP contribution is 2.33. The van der Waals surface area contributed by atoms with Gasteiger partial charge in [0.15, 0.2) is 12.3 Å². The molecule has 0 bridgehead atoms. The summed E-state index contributed by atoms with van der Waals surface area (Å²) >= 11 is 0. The summed E-state index contributed by atoms with van der Waals surface area (Å²) < 4.78 is 12.1. The molecule has 0 aliphatic rings. The van der Waals surface area contributed by atoms with Gasteiger partial charge in [0.1, 0.15) is 11.4 Å². The highest BCUT2D eigenvalue weighted by atomic mass is 16.5. The molecular weight excluding hydrogens is 298 g/mol. The number of methoxy groups -OCH3 is 1. The Morgan fingerprint density at radius 3 is 2.78 bits per heavy atom. The van der Waals surface area contributed by atoms with Gasteiger partial charge in [-0.25, -0.2) is 9.48 Å². The lowest BCUT2D eigenvalue weighted by molar-refractivity contribution is -0.139. The number of carboxylic acids is 1. The molecular formula is C16H15N3O4. The van der Waals surface area contributed by atoms with E-state index in [9.17, 15) is 4.79 Å². The number of aliphatic carboxylic acids is 1. The van der Waals surface area contributed by atoms with Crippen LogP contribution in [-0.2, 0) is 11.8 Å². The summed E-state index contributed by atoms with van der Waals surface area (Å²) in [7, 11) is 3.38. The van der Waals surface area contributed by atoms with Crippen LogP contribution in [0.4, 0.5) is 0 Å². The number of pyridine rings is 1. The normalized spacial score (nSPS) is 10.7. The summed E-state index contributed by atoms with van der Waals surface area (Å²) in [6, 6.07) is 11.0. The Hall–Kier alpha value is -3.09. The number of benzene rings is 1. The third kappa shape index (κ3) is 2.80. The number of fused-ring (bicyclic) bond motifs is 1. The number of para-hydroxylation sites is 1. The van der Waals surface area contributed by atoms with Crippen molar-refractivity contribution in [1.29, 1.82) is 0 Å². The second kappa shape index (κ2) is 5.96. The maximum Gasteiger partial charge on any atom is 0.341 e. The van der Waals surface area contributed by atoms with E-state index >= 15 is 0 Å². The molecule has 0 saturated carbocycles. The van der Waals surface area contributed by atoms with E-state index in [2.05, 4.69) is 10.1 Å². The Morgan fingerprint density at radius 2 is 2.04 bits per heavy atom.